The fourth-order valence-corrected chi connectivity index (χ4v) is 2.15. The molecule has 0 aliphatic rings. The Bertz CT molecular complexity index is 521. The minimum Gasteiger partial charge on any atom is -0.496 e. The maximum atomic E-state index is 5.66. The predicted octanol–water partition coefficient (Wildman–Crippen LogP) is 2.46. The lowest BCUT2D eigenvalue weighted by Gasteiger charge is -2.19. The summed E-state index contributed by atoms with van der Waals surface area (Å²) in [5, 5.41) is 0. The average molecular weight is 246 g/mol. The quantitative estimate of drug-likeness (QED) is 0.642. The standard InChI is InChI=1S/C14H18N2O2/c1-9-7-13(17-3)10(2)6-12(9)14(16-15)11-4-5-18-8-11/h4-8,14,16H,15H2,1-3H3. The third-order valence-corrected chi connectivity index (χ3v) is 3.14. The van der Waals surface area contributed by atoms with Crippen LogP contribution in [0.15, 0.2) is 35.1 Å². The number of hydrogen-bond acceptors (Lipinski definition) is 4. The van der Waals surface area contributed by atoms with Gasteiger partial charge in [0.2, 0.25) is 0 Å². The van der Waals surface area contributed by atoms with E-state index in [9.17, 15) is 0 Å². The van der Waals surface area contributed by atoms with Crippen LogP contribution in [0.5, 0.6) is 5.75 Å². The average Bonchev–Trinajstić information content (AvgIpc) is 2.87. The third-order valence-electron chi connectivity index (χ3n) is 3.14. The zero-order chi connectivity index (χ0) is 13.1. The molecule has 0 radical (unpaired) electrons. The highest BCUT2D eigenvalue weighted by Gasteiger charge is 2.17. The zero-order valence-corrected chi connectivity index (χ0v) is 10.9. The van der Waals surface area contributed by atoms with Crippen molar-refractivity contribution in [3.8, 4) is 5.75 Å². The highest BCUT2D eigenvalue weighted by molar-refractivity contribution is 5.45. The molecule has 4 nitrogen and oxygen atoms in total. The van der Waals surface area contributed by atoms with Crippen LogP contribution in [0, 0.1) is 13.8 Å². The first kappa shape index (κ1) is 12.7. The second-order valence-corrected chi connectivity index (χ2v) is 4.33. The summed E-state index contributed by atoms with van der Waals surface area (Å²) in [6.07, 6.45) is 3.34. The fourth-order valence-electron chi connectivity index (χ4n) is 2.15. The summed E-state index contributed by atoms with van der Waals surface area (Å²) in [4.78, 5) is 0. The van der Waals surface area contributed by atoms with Crippen LogP contribution in [0.3, 0.4) is 0 Å². The molecule has 0 aliphatic heterocycles. The van der Waals surface area contributed by atoms with Crippen molar-refractivity contribution in [3.05, 3.63) is 53.0 Å². The maximum absolute atomic E-state index is 5.66. The summed E-state index contributed by atoms with van der Waals surface area (Å²) in [7, 11) is 1.68. The van der Waals surface area contributed by atoms with Gasteiger partial charge in [-0.25, -0.2) is 5.43 Å². The van der Waals surface area contributed by atoms with E-state index in [1.165, 1.54) is 0 Å². The summed E-state index contributed by atoms with van der Waals surface area (Å²) in [6.45, 7) is 4.06. The predicted molar refractivity (Wildman–Crippen MR) is 70.3 cm³/mol. The van der Waals surface area contributed by atoms with Crippen LogP contribution >= 0.6 is 0 Å². The van der Waals surface area contributed by atoms with Crippen molar-refractivity contribution in [1.29, 1.82) is 0 Å². The number of hydrogen-bond donors (Lipinski definition) is 2. The Morgan fingerprint density at radius 3 is 2.61 bits per heavy atom. The lowest BCUT2D eigenvalue weighted by molar-refractivity contribution is 0.411. The van der Waals surface area contributed by atoms with Gasteiger partial charge in [0, 0.05) is 5.56 Å². The zero-order valence-electron chi connectivity index (χ0n) is 10.9. The molecule has 0 saturated carbocycles. The van der Waals surface area contributed by atoms with Crippen molar-refractivity contribution in [2.24, 2.45) is 5.84 Å². The normalized spacial score (nSPS) is 12.4. The molecule has 0 aliphatic carbocycles. The van der Waals surface area contributed by atoms with E-state index in [-0.39, 0.29) is 6.04 Å². The Hall–Kier alpha value is -1.78. The minimum atomic E-state index is -0.0756. The van der Waals surface area contributed by atoms with Crippen LogP contribution in [0.4, 0.5) is 0 Å². The molecule has 18 heavy (non-hydrogen) atoms. The summed E-state index contributed by atoms with van der Waals surface area (Å²) < 4.78 is 10.4. The molecule has 3 N–H and O–H groups in total. The van der Waals surface area contributed by atoms with Gasteiger partial charge in [0.05, 0.1) is 25.7 Å². The molecular formula is C14H18N2O2. The van der Waals surface area contributed by atoms with Crippen molar-refractivity contribution in [2.75, 3.05) is 7.11 Å². The van der Waals surface area contributed by atoms with Gasteiger partial charge in [-0.2, -0.15) is 0 Å². The van der Waals surface area contributed by atoms with E-state index < -0.39 is 0 Å². The number of aryl methyl sites for hydroxylation is 2. The summed E-state index contributed by atoms with van der Waals surface area (Å²) in [5.74, 6) is 6.55. The lowest BCUT2D eigenvalue weighted by atomic mass is 9.95. The van der Waals surface area contributed by atoms with Crippen LogP contribution in [0.1, 0.15) is 28.3 Å². The number of methoxy groups -OCH3 is 1. The molecule has 1 atom stereocenters. The van der Waals surface area contributed by atoms with Crippen LogP contribution in [-0.4, -0.2) is 7.11 Å². The Kier molecular flexibility index (Phi) is 3.69. The van der Waals surface area contributed by atoms with Gasteiger partial charge >= 0.3 is 0 Å². The van der Waals surface area contributed by atoms with E-state index >= 15 is 0 Å². The SMILES string of the molecule is COc1cc(C)c(C(NN)c2ccoc2)cc1C. The number of furan rings is 1. The molecule has 96 valence electrons. The molecule has 1 aromatic heterocycles. The van der Waals surface area contributed by atoms with Crippen molar-refractivity contribution in [2.45, 2.75) is 19.9 Å². The van der Waals surface area contributed by atoms with E-state index in [0.29, 0.717) is 0 Å². The maximum Gasteiger partial charge on any atom is 0.122 e. The van der Waals surface area contributed by atoms with Crippen molar-refractivity contribution in [1.82, 2.24) is 5.43 Å². The number of rotatable bonds is 4. The molecule has 0 amide bonds. The highest BCUT2D eigenvalue weighted by Crippen LogP contribution is 2.29. The molecule has 1 unspecified atom stereocenters. The first-order valence-corrected chi connectivity index (χ1v) is 5.80. The first-order valence-electron chi connectivity index (χ1n) is 5.80. The van der Waals surface area contributed by atoms with Crippen LogP contribution in [0.25, 0.3) is 0 Å². The van der Waals surface area contributed by atoms with Gasteiger partial charge in [0.25, 0.3) is 0 Å². The highest BCUT2D eigenvalue weighted by atomic mass is 16.5. The van der Waals surface area contributed by atoms with E-state index in [4.69, 9.17) is 15.0 Å². The molecule has 1 heterocycles. The summed E-state index contributed by atoms with van der Waals surface area (Å²) in [5.41, 5.74) is 7.16. The van der Waals surface area contributed by atoms with Gasteiger partial charge in [-0.05, 0) is 42.7 Å². The Labute approximate surface area is 107 Å². The van der Waals surface area contributed by atoms with Crippen molar-refractivity contribution >= 4 is 0 Å². The Morgan fingerprint density at radius 1 is 1.28 bits per heavy atom. The molecule has 0 bridgehead atoms. The van der Waals surface area contributed by atoms with Crippen LogP contribution in [0.2, 0.25) is 0 Å². The van der Waals surface area contributed by atoms with Crippen LogP contribution in [-0.2, 0) is 0 Å². The molecule has 2 rings (SSSR count). The number of hydrazine groups is 1. The topological polar surface area (TPSA) is 60.4 Å². The second kappa shape index (κ2) is 5.25. The number of benzene rings is 1. The van der Waals surface area contributed by atoms with Gasteiger partial charge in [-0.1, -0.05) is 6.07 Å². The molecule has 0 saturated heterocycles. The van der Waals surface area contributed by atoms with Gasteiger partial charge < -0.3 is 9.15 Å². The van der Waals surface area contributed by atoms with E-state index in [1.54, 1.807) is 19.6 Å². The Balaban J connectivity index is 2.46. The largest absolute Gasteiger partial charge is 0.496 e. The van der Waals surface area contributed by atoms with E-state index in [0.717, 1.165) is 28.0 Å². The van der Waals surface area contributed by atoms with E-state index in [1.807, 2.05) is 26.0 Å². The smallest absolute Gasteiger partial charge is 0.122 e. The van der Waals surface area contributed by atoms with Crippen LogP contribution < -0.4 is 16.0 Å². The van der Waals surface area contributed by atoms with Gasteiger partial charge in [-0.3, -0.25) is 5.84 Å². The first-order chi connectivity index (χ1) is 8.67. The van der Waals surface area contributed by atoms with Crippen molar-refractivity contribution < 1.29 is 9.15 Å². The van der Waals surface area contributed by atoms with Gasteiger partial charge in [0.15, 0.2) is 0 Å². The summed E-state index contributed by atoms with van der Waals surface area (Å²) in [6, 6.07) is 5.94. The molecule has 0 spiro atoms. The lowest BCUT2D eigenvalue weighted by Crippen LogP contribution is -2.29. The number of nitrogens with two attached hydrogens (primary N) is 1. The second-order valence-electron chi connectivity index (χ2n) is 4.33. The Morgan fingerprint density at radius 2 is 2.06 bits per heavy atom. The molecule has 0 fully saturated rings. The molecular weight excluding hydrogens is 228 g/mol. The minimum absolute atomic E-state index is 0.0756. The molecule has 2 aromatic rings. The molecule has 1 aromatic carbocycles. The van der Waals surface area contributed by atoms with Crippen molar-refractivity contribution in [3.63, 3.8) is 0 Å². The third kappa shape index (κ3) is 2.25. The summed E-state index contributed by atoms with van der Waals surface area (Å²) >= 11 is 0. The number of ether oxygens (including phenoxy) is 1. The number of nitrogens with one attached hydrogen (secondary N) is 1. The monoisotopic (exact) mass is 246 g/mol. The van der Waals surface area contributed by atoms with Gasteiger partial charge in [-0.15, -0.1) is 0 Å². The molecule has 4 heteroatoms. The fraction of sp³-hybridized carbons (Fsp3) is 0.286. The van der Waals surface area contributed by atoms with Gasteiger partial charge in [0.1, 0.15) is 5.75 Å². The van der Waals surface area contributed by atoms with E-state index in [2.05, 4.69) is 11.5 Å².